The normalized spacial score (nSPS) is 10.9. The van der Waals surface area contributed by atoms with Crippen molar-refractivity contribution in [1.82, 2.24) is 0 Å². The zero-order valence-corrected chi connectivity index (χ0v) is 11.3. The fourth-order valence-corrected chi connectivity index (χ4v) is 1.81. The Balaban J connectivity index is 2.38. The lowest BCUT2D eigenvalue weighted by Crippen LogP contribution is -2.17. The van der Waals surface area contributed by atoms with Gasteiger partial charge in [0.25, 0.3) is 0 Å². The predicted molar refractivity (Wildman–Crippen MR) is 72.3 cm³/mol. The molecule has 2 rings (SSSR count). The van der Waals surface area contributed by atoms with E-state index in [1.807, 2.05) is 6.07 Å². The van der Waals surface area contributed by atoms with Crippen LogP contribution >= 0.6 is 0 Å². The van der Waals surface area contributed by atoms with Crippen LogP contribution in [0.15, 0.2) is 36.4 Å². The van der Waals surface area contributed by atoms with Crippen LogP contribution in [0.2, 0.25) is 0 Å². The molecule has 0 bridgehead atoms. The smallest absolute Gasteiger partial charge is 0.406 e. The summed E-state index contributed by atoms with van der Waals surface area (Å²) in [6.45, 7) is 1.51. The van der Waals surface area contributed by atoms with Crippen molar-refractivity contribution in [3.8, 4) is 11.8 Å². The van der Waals surface area contributed by atoms with E-state index in [1.54, 1.807) is 6.07 Å². The number of nitriles is 1. The average Bonchev–Trinajstić information content (AvgIpc) is 2.42. The molecule has 3 nitrogen and oxygen atoms in total. The van der Waals surface area contributed by atoms with Crippen molar-refractivity contribution in [3.63, 3.8) is 0 Å². The number of alkyl halides is 3. The Morgan fingerprint density at radius 1 is 1.14 bits per heavy atom. The second-order valence-corrected chi connectivity index (χ2v) is 4.40. The molecule has 0 fully saturated rings. The fourth-order valence-electron chi connectivity index (χ4n) is 1.81. The van der Waals surface area contributed by atoms with E-state index >= 15 is 0 Å². The van der Waals surface area contributed by atoms with Crippen molar-refractivity contribution in [2.75, 3.05) is 5.32 Å². The molecule has 0 aliphatic carbocycles. The van der Waals surface area contributed by atoms with Gasteiger partial charge >= 0.3 is 6.36 Å². The predicted octanol–water partition coefficient (Wildman–Crippen LogP) is 4.65. The van der Waals surface area contributed by atoms with E-state index in [4.69, 9.17) is 5.26 Å². The molecule has 0 saturated carbocycles. The Labute approximate surface area is 123 Å². The van der Waals surface area contributed by atoms with Crippen LogP contribution < -0.4 is 10.1 Å². The van der Waals surface area contributed by atoms with E-state index in [0.29, 0.717) is 5.69 Å². The van der Waals surface area contributed by atoms with Gasteiger partial charge in [0.2, 0.25) is 0 Å². The zero-order valence-electron chi connectivity index (χ0n) is 11.3. The largest absolute Gasteiger partial charge is 0.573 e. The number of rotatable bonds is 3. The molecule has 0 heterocycles. The summed E-state index contributed by atoms with van der Waals surface area (Å²) in [7, 11) is 0. The minimum Gasteiger partial charge on any atom is -0.406 e. The quantitative estimate of drug-likeness (QED) is 0.839. The van der Waals surface area contributed by atoms with E-state index < -0.39 is 17.9 Å². The molecule has 0 aliphatic rings. The number of hydrogen-bond acceptors (Lipinski definition) is 3. The first-order valence-electron chi connectivity index (χ1n) is 6.12. The topological polar surface area (TPSA) is 45.0 Å². The van der Waals surface area contributed by atoms with Gasteiger partial charge in [0.15, 0.2) is 0 Å². The SMILES string of the molecule is Cc1c(F)cccc1Nc1cc(OC(F)(F)F)ccc1C#N. The molecule has 0 atom stereocenters. The molecule has 0 radical (unpaired) electrons. The van der Waals surface area contributed by atoms with Gasteiger partial charge in [-0.25, -0.2) is 4.39 Å². The summed E-state index contributed by atoms with van der Waals surface area (Å²) in [5, 5.41) is 11.8. The van der Waals surface area contributed by atoms with E-state index in [9.17, 15) is 17.6 Å². The number of ether oxygens (including phenoxy) is 1. The van der Waals surface area contributed by atoms with Crippen LogP contribution in [0.1, 0.15) is 11.1 Å². The van der Waals surface area contributed by atoms with Crippen molar-refractivity contribution >= 4 is 11.4 Å². The second kappa shape index (κ2) is 5.93. The molecule has 114 valence electrons. The number of halogens is 4. The highest BCUT2D eigenvalue weighted by Gasteiger charge is 2.31. The van der Waals surface area contributed by atoms with Gasteiger partial charge in [-0.2, -0.15) is 5.26 Å². The van der Waals surface area contributed by atoms with Crippen LogP contribution in [-0.2, 0) is 0 Å². The number of nitrogens with zero attached hydrogens (tertiary/aromatic N) is 1. The fraction of sp³-hybridized carbons (Fsp3) is 0.133. The summed E-state index contributed by atoms with van der Waals surface area (Å²) < 4.78 is 54.0. The number of hydrogen-bond donors (Lipinski definition) is 1. The van der Waals surface area contributed by atoms with Crippen molar-refractivity contribution < 1.29 is 22.3 Å². The van der Waals surface area contributed by atoms with Crippen molar-refractivity contribution in [3.05, 3.63) is 53.3 Å². The highest BCUT2D eigenvalue weighted by atomic mass is 19.4. The van der Waals surface area contributed by atoms with Gasteiger partial charge < -0.3 is 10.1 Å². The third-order valence-electron chi connectivity index (χ3n) is 2.88. The summed E-state index contributed by atoms with van der Waals surface area (Å²) in [4.78, 5) is 0. The van der Waals surface area contributed by atoms with Gasteiger partial charge in [0.05, 0.1) is 11.3 Å². The standard InChI is InChI=1S/C15H10F4N2O/c1-9-12(16)3-2-4-13(9)21-14-7-11(22-15(17,18)19)6-5-10(14)8-20/h2-7,21H,1H3. The highest BCUT2D eigenvalue weighted by Crippen LogP contribution is 2.30. The minimum atomic E-state index is -4.83. The van der Waals surface area contributed by atoms with Gasteiger partial charge in [-0.1, -0.05) is 6.07 Å². The maximum Gasteiger partial charge on any atom is 0.573 e. The molecule has 0 aliphatic heterocycles. The molecule has 0 spiro atoms. The first kappa shape index (κ1) is 15.6. The zero-order chi connectivity index (χ0) is 16.3. The first-order chi connectivity index (χ1) is 10.3. The van der Waals surface area contributed by atoms with Gasteiger partial charge in [0, 0.05) is 17.3 Å². The Bertz CT molecular complexity index is 735. The average molecular weight is 310 g/mol. The van der Waals surface area contributed by atoms with Gasteiger partial charge in [-0.15, -0.1) is 13.2 Å². The molecule has 7 heteroatoms. The molecule has 22 heavy (non-hydrogen) atoms. The van der Waals surface area contributed by atoms with Crippen molar-refractivity contribution in [1.29, 1.82) is 5.26 Å². The second-order valence-electron chi connectivity index (χ2n) is 4.40. The lowest BCUT2D eigenvalue weighted by molar-refractivity contribution is -0.274. The third kappa shape index (κ3) is 3.67. The van der Waals surface area contributed by atoms with Gasteiger partial charge in [-0.05, 0) is 31.2 Å². The Morgan fingerprint density at radius 2 is 1.86 bits per heavy atom. The summed E-state index contributed by atoms with van der Waals surface area (Å²) in [5.41, 5.74) is 0.838. The van der Waals surface area contributed by atoms with Crippen LogP contribution in [0.5, 0.6) is 5.75 Å². The number of anilines is 2. The van der Waals surface area contributed by atoms with E-state index in [0.717, 1.165) is 12.1 Å². The molecular formula is C15H10F4N2O. The van der Waals surface area contributed by atoms with Crippen LogP contribution in [0.4, 0.5) is 28.9 Å². The van der Waals surface area contributed by atoms with Gasteiger partial charge in [0.1, 0.15) is 17.6 Å². The molecule has 2 aromatic carbocycles. The summed E-state index contributed by atoms with van der Waals surface area (Å²) in [5.74, 6) is -0.936. The molecule has 0 saturated heterocycles. The minimum absolute atomic E-state index is 0.0953. The van der Waals surface area contributed by atoms with Crippen LogP contribution in [0, 0.1) is 24.1 Å². The highest BCUT2D eigenvalue weighted by molar-refractivity contribution is 5.70. The van der Waals surface area contributed by atoms with Crippen LogP contribution in [0.3, 0.4) is 0 Å². The maximum atomic E-state index is 13.5. The van der Waals surface area contributed by atoms with Crippen LogP contribution in [-0.4, -0.2) is 6.36 Å². The first-order valence-corrected chi connectivity index (χ1v) is 6.12. The monoisotopic (exact) mass is 310 g/mol. The van der Waals surface area contributed by atoms with E-state index in [1.165, 1.54) is 25.1 Å². The van der Waals surface area contributed by atoms with E-state index in [-0.39, 0.29) is 16.8 Å². The molecule has 2 aromatic rings. The molecule has 0 aromatic heterocycles. The Hall–Kier alpha value is -2.75. The Morgan fingerprint density at radius 3 is 2.50 bits per heavy atom. The Kier molecular flexibility index (Phi) is 4.22. The molecular weight excluding hydrogens is 300 g/mol. The van der Waals surface area contributed by atoms with Crippen LogP contribution in [0.25, 0.3) is 0 Å². The lowest BCUT2D eigenvalue weighted by atomic mass is 10.1. The van der Waals surface area contributed by atoms with E-state index in [2.05, 4.69) is 10.1 Å². The number of benzene rings is 2. The summed E-state index contributed by atoms with van der Waals surface area (Å²) in [6.07, 6.45) is -4.83. The van der Waals surface area contributed by atoms with Gasteiger partial charge in [-0.3, -0.25) is 0 Å². The molecule has 0 unspecified atom stereocenters. The maximum absolute atomic E-state index is 13.5. The van der Waals surface area contributed by atoms with Crippen molar-refractivity contribution in [2.45, 2.75) is 13.3 Å². The lowest BCUT2D eigenvalue weighted by Gasteiger charge is -2.14. The number of nitrogens with one attached hydrogen (secondary N) is 1. The summed E-state index contributed by atoms with van der Waals surface area (Å²) >= 11 is 0. The molecule has 1 N–H and O–H groups in total. The molecule has 0 amide bonds. The van der Waals surface area contributed by atoms with Crippen molar-refractivity contribution in [2.24, 2.45) is 0 Å². The third-order valence-corrected chi connectivity index (χ3v) is 2.88. The summed E-state index contributed by atoms with van der Waals surface area (Å²) in [6, 6.07) is 9.38.